The predicted molar refractivity (Wildman–Crippen MR) is 57.0 cm³/mol. The van der Waals surface area contributed by atoms with Crippen molar-refractivity contribution in [2.45, 2.75) is 13.3 Å². The molecule has 72 valence electrons. The van der Waals surface area contributed by atoms with Crippen LogP contribution in [0.25, 0.3) is 6.08 Å². The average molecular weight is 187 g/mol. The highest BCUT2D eigenvalue weighted by Gasteiger charge is 1.96. The minimum Gasteiger partial charge on any atom is -0.497 e. The van der Waals surface area contributed by atoms with Gasteiger partial charge in [-0.3, -0.25) is 0 Å². The average Bonchev–Trinajstić information content (AvgIpc) is 2.21. The summed E-state index contributed by atoms with van der Waals surface area (Å²) in [5.41, 5.74) is 2.28. The topological polar surface area (TPSA) is 33.0 Å². The van der Waals surface area contributed by atoms with E-state index in [4.69, 9.17) is 10.00 Å². The van der Waals surface area contributed by atoms with Gasteiger partial charge < -0.3 is 4.74 Å². The summed E-state index contributed by atoms with van der Waals surface area (Å²) in [5.74, 6) is 0.840. The van der Waals surface area contributed by atoms with Gasteiger partial charge >= 0.3 is 0 Å². The number of methoxy groups -OCH3 is 1. The minimum absolute atomic E-state index is 0.441. The van der Waals surface area contributed by atoms with Gasteiger partial charge in [0.2, 0.25) is 0 Å². The van der Waals surface area contributed by atoms with Gasteiger partial charge in [0.1, 0.15) is 5.75 Å². The van der Waals surface area contributed by atoms with Crippen molar-refractivity contribution in [3.8, 4) is 11.8 Å². The molecule has 2 nitrogen and oxygen atoms in total. The van der Waals surface area contributed by atoms with Crippen LogP contribution in [0.5, 0.6) is 5.75 Å². The standard InChI is InChI=1S/C12H13NO/c1-10-6-7-12(14-2)9-11(10)5-3-4-8-13/h3,5-7,9H,4H2,1-2H3. The van der Waals surface area contributed by atoms with Crippen molar-refractivity contribution in [1.82, 2.24) is 0 Å². The number of rotatable bonds is 3. The van der Waals surface area contributed by atoms with Gasteiger partial charge in [-0.15, -0.1) is 0 Å². The number of ether oxygens (including phenoxy) is 1. The van der Waals surface area contributed by atoms with Gasteiger partial charge in [-0.25, -0.2) is 0 Å². The number of nitriles is 1. The van der Waals surface area contributed by atoms with E-state index in [1.165, 1.54) is 5.56 Å². The zero-order valence-corrected chi connectivity index (χ0v) is 8.45. The number of hydrogen-bond donors (Lipinski definition) is 0. The smallest absolute Gasteiger partial charge is 0.119 e. The third-order valence-electron chi connectivity index (χ3n) is 1.99. The van der Waals surface area contributed by atoms with E-state index in [2.05, 4.69) is 6.07 Å². The minimum atomic E-state index is 0.441. The van der Waals surface area contributed by atoms with Crippen LogP contribution in [-0.2, 0) is 0 Å². The summed E-state index contributed by atoms with van der Waals surface area (Å²) in [6, 6.07) is 7.96. The summed E-state index contributed by atoms with van der Waals surface area (Å²) in [7, 11) is 1.65. The second-order valence-corrected chi connectivity index (χ2v) is 2.99. The van der Waals surface area contributed by atoms with E-state index >= 15 is 0 Å². The fraction of sp³-hybridized carbons (Fsp3) is 0.250. The lowest BCUT2D eigenvalue weighted by Crippen LogP contribution is -1.85. The summed E-state index contributed by atoms with van der Waals surface area (Å²) in [6.07, 6.45) is 4.24. The van der Waals surface area contributed by atoms with E-state index in [1.807, 2.05) is 37.3 Å². The zero-order valence-electron chi connectivity index (χ0n) is 8.45. The molecule has 0 spiro atoms. The van der Waals surface area contributed by atoms with Crippen molar-refractivity contribution in [1.29, 1.82) is 5.26 Å². The Balaban J connectivity index is 2.90. The van der Waals surface area contributed by atoms with E-state index in [1.54, 1.807) is 7.11 Å². The van der Waals surface area contributed by atoms with E-state index in [-0.39, 0.29) is 0 Å². The molecule has 1 rings (SSSR count). The van der Waals surface area contributed by atoms with Gasteiger partial charge in [-0.2, -0.15) is 5.26 Å². The summed E-state index contributed by atoms with van der Waals surface area (Å²) in [4.78, 5) is 0. The summed E-state index contributed by atoms with van der Waals surface area (Å²) in [5, 5.41) is 8.39. The molecule has 2 heteroatoms. The Morgan fingerprint density at radius 3 is 2.93 bits per heavy atom. The normalized spacial score (nSPS) is 10.1. The molecule has 0 atom stereocenters. The molecule has 0 aliphatic carbocycles. The Labute approximate surface area is 84.4 Å². The van der Waals surface area contributed by atoms with Gasteiger partial charge in [0, 0.05) is 0 Å². The van der Waals surface area contributed by atoms with Crippen LogP contribution in [0.3, 0.4) is 0 Å². The molecule has 0 saturated carbocycles. The molecular weight excluding hydrogens is 174 g/mol. The Kier molecular flexibility index (Phi) is 3.75. The third kappa shape index (κ3) is 2.63. The molecular formula is C12H13NO. The first kappa shape index (κ1) is 10.3. The monoisotopic (exact) mass is 187 g/mol. The molecule has 0 saturated heterocycles. The highest BCUT2D eigenvalue weighted by atomic mass is 16.5. The molecule has 0 aromatic heterocycles. The molecule has 0 heterocycles. The molecule has 1 aromatic rings. The van der Waals surface area contributed by atoms with Gasteiger partial charge in [0.05, 0.1) is 19.6 Å². The lowest BCUT2D eigenvalue weighted by atomic mass is 10.1. The van der Waals surface area contributed by atoms with Crippen LogP contribution in [0.15, 0.2) is 24.3 Å². The maximum Gasteiger partial charge on any atom is 0.119 e. The lowest BCUT2D eigenvalue weighted by molar-refractivity contribution is 0.414. The van der Waals surface area contributed by atoms with Crippen LogP contribution in [-0.4, -0.2) is 7.11 Å². The van der Waals surface area contributed by atoms with E-state index in [0.29, 0.717) is 6.42 Å². The summed E-state index contributed by atoms with van der Waals surface area (Å²) >= 11 is 0. The number of nitrogens with zero attached hydrogens (tertiary/aromatic N) is 1. The molecule has 0 N–H and O–H groups in total. The van der Waals surface area contributed by atoms with Crippen LogP contribution in [0.2, 0.25) is 0 Å². The fourth-order valence-corrected chi connectivity index (χ4v) is 1.16. The second-order valence-electron chi connectivity index (χ2n) is 2.99. The molecule has 0 radical (unpaired) electrons. The zero-order chi connectivity index (χ0) is 10.4. The second kappa shape index (κ2) is 5.08. The number of aryl methyl sites for hydroxylation is 1. The van der Waals surface area contributed by atoms with Crippen LogP contribution in [0, 0.1) is 18.3 Å². The fourth-order valence-electron chi connectivity index (χ4n) is 1.16. The SMILES string of the molecule is COc1ccc(C)c(C=CCC#N)c1. The predicted octanol–water partition coefficient (Wildman–Crippen LogP) is 2.93. The summed E-state index contributed by atoms with van der Waals surface area (Å²) < 4.78 is 5.12. The van der Waals surface area contributed by atoms with Gasteiger partial charge in [-0.1, -0.05) is 18.2 Å². The van der Waals surface area contributed by atoms with E-state index < -0.39 is 0 Å². The largest absolute Gasteiger partial charge is 0.497 e. The first-order valence-corrected chi connectivity index (χ1v) is 4.46. The Morgan fingerprint density at radius 2 is 2.29 bits per heavy atom. The van der Waals surface area contributed by atoms with Crippen LogP contribution in [0.4, 0.5) is 0 Å². The van der Waals surface area contributed by atoms with Crippen molar-refractivity contribution in [2.75, 3.05) is 7.11 Å². The first-order chi connectivity index (χ1) is 6.77. The molecule has 0 aliphatic heterocycles. The molecule has 1 aromatic carbocycles. The first-order valence-electron chi connectivity index (χ1n) is 4.46. The van der Waals surface area contributed by atoms with Gasteiger partial charge in [0.15, 0.2) is 0 Å². The highest BCUT2D eigenvalue weighted by Crippen LogP contribution is 2.18. The molecule has 0 unspecified atom stereocenters. The van der Waals surface area contributed by atoms with Crippen molar-refractivity contribution in [2.24, 2.45) is 0 Å². The van der Waals surface area contributed by atoms with Crippen LogP contribution < -0.4 is 4.74 Å². The third-order valence-corrected chi connectivity index (χ3v) is 1.99. The van der Waals surface area contributed by atoms with Crippen molar-refractivity contribution < 1.29 is 4.74 Å². The van der Waals surface area contributed by atoms with E-state index in [9.17, 15) is 0 Å². The maximum absolute atomic E-state index is 8.39. The van der Waals surface area contributed by atoms with Crippen molar-refractivity contribution in [3.05, 3.63) is 35.4 Å². The number of hydrogen-bond acceptors (Lipinski definition) is 2. The van der Waals surface area contributed by atoms with E-state index in [0.717, 1.165) is 11.3 Å². The van der Waals surface area contributed by atoms with Crippen LogP contribution in [0.1, 0.15) is 17.5 Å². The number of allylic oxidation sites excluding steroid dienone is 1. The van der Waals surface area contributed by atoms with Crippen LogP contribution >= 0.6 is 0 Å². The molecule has 0 amide bonds. The van der Waals surface area contributed by atoms with Crippen molar-refractivity contribution in [3.63, 3.8) is 0 Å². The lowest BCUT2D eigenvalue weighted by Gasteiger charge is -2.03. The highest BCUT2D eigenvalue weighted by molar-refractivity contribution is 5.56. The number of benzene rings is 1. The van der Waals surface area contributed by atoms with Gasteiger partial charge in [0.25, 0.3) is 0 Å². The maximum atomic E-state index is 8.39. The van der Waals surface area contributed by atoms with Crippen molar-refractivity contribution >= 4 is 6.08 Å². The Bertz CT molecular complexity index is 374. The summed E-state index contributed by atoms with van der Waals surface area (Å²) in [6.45, 7) is 2.03. The molecule has 0 aliphatic rings. The Hall–Kier alpha value is -1.75. The molecule has 0 bridgehead atoms. The van der Waals surface area contributed by atoms with Gasteiger partial charge in [-0.05, 0) is 30.2 Å². The molecule has 14 heavy (non-hydrogen) atoms. The molecule has 0 fully saturated rings. The quantitative estimate of drug-likeness (QED) is 0.728. The Morgan fingerprint density at radius 1 is 1.50 bits per heavy atom.